The molecule has 120 valence electrons. The van der Waals surface area contributed by atoms with E-state index < -0.39 is 36.4 Å². The van der Waals surface area contributed by atoms with E-state index in [2.05, 4.69) is 15.0 Å². The summed E-state index contributed by atoms with van der Waals surface area (Å²) in [7, 11) is 5.49. The van der Waals surface area contributed by atoms with Gasteiger partial charge in [0.2, 0.25) is 0 Å². The maximum atomic E-state index is 10.3. The van der Waals surface area contributed by atoms with Crippen molar-refractivity contribution in [1.29, 1.82) is 0 Å². The van der Waals surface area contributed by atoms with Crippen LogP contribution in [0.5, 0.6) is 0 Å². The molecule has 4 N–H and O–H groups in total. The fourth-order valence-corrected chi connectivity index (χ4v) is 5.82. The second kappa shape index (κ2) is 5.58. The number of hydrogen-bond donors (Lipinski definition) is 3. The van der Waals surface area contributed by atoms with Crippen LogP contribution >= 0.6 is 10.4 Å². The molecule has 0 spiro atoms. The predicted molar refractivity (Wildman–Crippen MR) is 85.5 cm³/mol. The third-order valence-corrected chi connectivity index (χ3v) is 6.99. The van der Waals surface area contributed by atoms with Crippen molar-refractivity contribution >= 4 is 39.3 Å². The number of aliphatic hydroxyl groups is 2. The van der Waals surface area contributed by atoms with Gasteiger partial charge >= 0.3 is 133 Å². The van der Waals surface area contributed by atoms with Crippen molar-refractivity contribution in [1.82, 2.24) is 19.5 Å². The normalized spacial score (nSPS) is 29.3. The first-order valence-electron chi connectivity index (χ1n) is 6.76. The molecule has 0 unspecified atom stereocenters. The second-order valence-electron chi connectivity index (χ2n) is 5.89. The van der Waals surface area contributed by atoms with Gasteiger partial charge in [0.05, 0.1) is 0 Å². The summed E-state index contributed by atoms with van der Waals surface area (Å²) >= 11 is -2.19. The van der Waals surface area contributed by atoms with E-state index in [-0.39, 0.29) is 5.82 Å². The van der Waals surface area contributed by atoms with Crippen LogP contribution in [-0.2, 0) is 4.74 Å². The van der Waals surface area contributed by atoms with E-state index in [0.717, 1.165) is 0 Å². The van der Waals surface area contributed by atoms with Gasteiger partial charge in [0.25, 0.3) is 0 Å². The summed E-state index contributed by atoms with van der Waals surface area (Å²) < 4.78 is 7.42. The van der Waals surface area contributed by atoms with Crippen LogP contribution in [0, 0.1) is 0 Å². The van der Waals surface area contributed by atoms with Crippen LogP contribution in [0.4, 0.5) is 5.82 Å². The molecular formula is C12H18AsN5O3S. The van der Waals surface area contributed by atoms with E-state index in [1.807, 2.05) is 11.4 Å². The van der Waals surface area contributed by atoms with Crippen LogP contribution in [0.15, 0.2) is 12.7 Å². The van der Waals surface area contributed by atoms with Crippen LogP contribution in [0.25, 0.3) is 11.2 Å². The zero-order chi connectivity index (χ0) is 16.1. The Hall–Kier alpha value is -0.992. The number of imidazole rings is 1. The molecule has 4 atom stereocenters. The van der Waals surface area contributed by atoms with Gasteiger partial charge in [-0.1, -0.05) is 0 Å². The number of hydrogen-bond acceptors (Lipinski definition) is 8. The van der Waals surface area contributed by atoms with Crippen molar-refractivity contribution in [2.45, 2.75) is 41.2 Å². The average molecular weight is 387 g/mol. The van der Waals surface area contributed by atoms with Crippen LogP contribution < -0.4 is 5.73 Å². The van der Waals surface area contributed by atoms with Crippen LogP contribution in [0.3, 0.4) is 0 Å². The molecule has 0 bridgehead atoms. The third kappa shape index (κ3) is 2.79. The summed E-state index contributed by atoms with van der Waals surface area (Å²) in [6.45, 7) is 0. The van der Waals surface area contributed by atoms with Gasteiger partial charge in [-0.25, -0.2) is 0 Å². The van der Waals surface area contributed by atoms with Crippen molar-refractivity contribution in [3.05, 3.63) is 12.7 Å². The molecule has 0 amide bonds. The molecule has 2 aromatic rings. The van der Waals surface area contributed by atoms with E-state index in [1.165, 1.54) is 12.7 Å². The molecule has 2 aromatic heterocycles. The molecular weight excluding hydrogens is 369 g/mol. The Kier molecular flexibility index (Phi) is 4.03. The topological polar surface area (TPSA) is 119 Å². The van der Waals surface area contributed by atoms with E-state index in [4.69, 9.17) is 20.9 Å². The van der Waals surface area contributed by atoms with Gasteiger partial charge in [0.1, 0.15) is 0 Å². The molecule has 10 heteroatoms. The predicted octanol–water partition coefficient (Wildman–Crippen LogP) is 0.430. The van der Waals surface area contributed by atoms with E-state index in [0.29, 0.717) is 16.4 Å². The summed E-state index contributed by atoms with van der Waals surface area (Å²) in [5, 5.41) is 21.2. The third-order valence-electron chi connectivity index (χ3n) is 3.62. The van der Waals surface area contributed by atoms with E-state index >= 15 is 0 Å². The SMILES string of the molecule is C[As](C)(=S)C[C@H]1O[C@@H](n2cnc3c(N)ncnc32)[C@H](O)[C@@H]1O. The summed E-state index contributed by atoms with van der Waals surface area (Å²) in [6.07, 6.45) is -0.488. The van der Waals surface area contributed by atoms with E-state index in [1.54, 1.807) is 4.57 Å². The molecule has 1 fully saturated rings. The average Bonchev–Trinajstić information content (AvgIpc) is 2.95. The molecule has 0 aromatic carbocycles. The van der Waals surface area contributed by atoms with Gasteiger partial charge in [-0.2, -0.15) is 0 Å². The van der Waals surface area contributed by atoms with Crippen LogP contribution in [0.2, 0.25) is 16.6 Å². The zero-order valence-electron chi connectivity index (χ0n) is 12.2. The van der Waals surface area contributed by atoms with Crippen LogP contribution in [-0.4, -0.2) is 59.9 Å². The molecule has 8 nitrogen and oxygen atoms in total. The quantitative estimate of drug-likeness (QED) is 0.649. The van der Waals surface area contributed by atoms with Gasteiger partial charge in [-0.3, -0.25) is 0 Å². The first-order chi connectivity index (χ1) is 10.3. The fourth-order valence-electron chi connectivity index (χ4n) is 2.60. The molecule has 1 aliphatic heterocycles. The second-order valence-corrected chi connectivity index (χ2v) is 18.4. The van der Waals surface area contributed by atoms with Crippen molar-refractivity contribution in [2.24, 2.45) is 0 Å². The fraction of sp³-hybridized carbons (Fsp3) is 0.583. The summed E-state index contributed by atoms with van der Waals surface area (Å²) in [5.74, 6) is 0.259. The maximum absolute atomic E-state index is 10.3. The first-order valence-corrected chi connectivity index (χ1v) is 14.5. The standard InChI is InChI=1S/C12H18AsN5O3S/c1-13(2,22)3-6-8(19)9(20)12(21-6)18-5-17-7-10(14)15-4-16-11(7)18/h4-6,8-9,12,19-20H,3H2,1-2H3,(H2,14,15,16)/t6-,8-,9-,12-/m1/s1. The monoisotopic (exact) mass is 387 g/mol. The minimum atomic E-state index is -2.19. The number of fused-ring (bicyclic) bond motifs is 1. The molecule has 3 heterocycles. The molecule has 0 radical (unpaired) electrons. The Morgan fingerprint density at radius 1 is 1.32 bits per heavy atom. The number of rotatable bonds is 3. The summed E-state index contributed by atoms with van der Waals surface area (Å²) in [6, 6.07) is 0. The molecule has 22 heavy (non-hydrogen) atoms. The van der Waals surface area contributed by atoms with E-state index in [9.17, 15) is 10.2 Å². The van der Waals surface area contributed by atoms with Crippen molar-refractivity contribution in [3.8, 4) is 0 Å². The summed E-state index contributed by atoms with van der Waals surface area (Å²) in [4.78, 5) is 12.2. The molecule has 0 saturated carbocycles. The molecule has 3 rings (SSSR count). The Balaban J connectivity index is 1.94. The molecule has 1 aliphatic rings. The number of aliphatic hydroxyl groups excluding tert-OH is 2. The summed E-state index contributed by atoms with van der Waals surface area (Å²) in [5.41, 5.74) is 10.7. The number of nitrogens with two attached hydrogens (primary N) is 1. The Labute approximate surface area is 133 Å². The molecule has 1 saturated heterocycles. The van der Waals surface area contributed by atoms with Crippen LogP contribution in [0.1, 0.15) is 6.23 Å². The van der Waals surface area contributed by atoms with Gasteiger partial charge in [-0.15, -0.1) is 0 Å². The number of nitrogen functional groups attached to an aromatic ring is 1. The van der Waals surface area contributed by atoms with Gasteiger partial charge in [0, 0.05) is 0 Å². The number of nitrogens with zero attached hydrogens (tertiary/aromatic N) is 4. The Bertz CT molecular complexity index is 747. The van der Waals surface area contributed by atoms with Gasteiger partial charge in [0.15, 0.2) is 0 Å². The number of aromatic nitrogens is 4. The molecule has 0 aliphatic carbocycles. The van der Waals surface area contributed by atoms with Crippen molar-refractivity contribution < 1.29 is 14.9 Å². The van der Waals surface area contributed by atoms with Gasteiger partial charge in [-0.05, 0) is 0 Å². The first kappa shape index (κ1) is 15.9. The Morgan fingerprint density at radius 2 is 2.05 bits per heavy atom. The zero-order valence-corrected chi connectivity index (χ0v) is 14.9. The minimum absolute atomic E-state index is 0.259. The van der Waals surface area contributed by atoms with Gasteiger partial charge < -0.3 is 0 Å². The van der Waals surface area contributed by atoms with Crippen molar-refractivity contribution in [2.75, 3.05) is 5.73 Å². The Morgan fingerprint density at radius 3 is 2.73 bits per heavy atom. The number of ether oxygens (including phenoxy) is 1. The van der Waals surface area contributed by atoms with Crippen molar-refractivity contribution in [3.63, 3.8) is 0 Å². The number of anilines is 1.